The van der Waals surface area contributed by atoms with Gasteiger partial charge in [-0.05, 0) is 6.92 Å². The summed E-state index contributed by atoms with van der Waals surface area (Å²) in [5, 5.41) is 0. The van der Waals surface area contributed by atoms with Crippen molar-refractivity contribution < 1.29 is 14.3 Å². The molecule has 0 aromatic rings. The van der Waals surface area contributed by atoms with Crippen LogP contribution < -0.4 is 0 Å². The maximum Gasteiger partial charge on any atom is 0.513 e. The Bertz CT molecular complexity index is 140. The lowest BCUT2D eigenvalue weighted by atomic mass is 10.4. The lowest BCUT2D eigenvalue weighted by Crippen LogP contribution is -2.11. The summed E-state index contributed by atoms with van der Waals surface area (Å²) in [6.45, 7) is 8.28. The van der Waals surface area contributed by atoms with Crippen LogP contribution in [-0.4, -0.2) is 12.3 Å². The molecule has 0 fully saturated rings. The van der Waals surface area contributed by atoms with Crippen molar-refractivity contribution in [2.45, 2.75) is 13.0 Å². The first kappa shape index (κ1) is 8.75. The van der Waals surface area contributed by atoms with Crippen molar-refractivity contribution >= 4 is 6.16 Å². The number of hydrogen-bond donors (Lipinski definition) is 0. The molecule has 0 heterocycles. The van der Waals surface area contributed by atoms with Gasteiger partial charge in [0.1, 0.15) is 6.10 Å². The number of hydrogen-bond acceptors (Lipinski definition) is 3. The van der Waals surface area contributed by atoms with E-state index in [0.717, 1.165) is 6.26 Å². The third-order valence-electron chi connectivity index (χ3n) is 0.794. The highest BCUT2D eigenvalue weighted by molar-refractivity contribution is 5.60. The molecule has 0 spiro atoms. The van der Waals surface area contributed by atoms with Crippen LogP contribution in [0.3, 0.4) is 0 Å². The number of carbonyl (C=O) groups is 1. The van der Waals surface area contributed by atoms with Crippen LogP contribution in [-0.2, 0) is 9.47 Å². The van der Waals surface area contributed by atoms with Gasteiger partial charge in [-0.3, -0.25) is 0 Å². The first-order valence-electron chi connectivity index (χ1n) is 2.81. The van der Waals surface area contributed by atoms with Crippen LogP contribution in [0.15, 0.2) is 25.5 Å². The molecule has 3 heteroatoms. The molecule has 0 saturated carbocycles. The Hall–Kier alpha value is -1.25. The Balaban J connectivity index is 3.56. The zero-order valence-corrected chi connectivity index (χ0v) is 5.87. The van der Waals surface area contributed by atoms with Gasteiger partial charge < -0.3 is 9.47 Å². The molecule has 0 aliphatic carbocycles. The Morgan fingerprint density at radius 2 is 2.20 bits per heavy atom. The lowest BCUT2D eigenvalue weighted by molar-refractivity contribution is 0.0692. The Labute approximate surface area is 59.9 Å². The van der Waals surface area contributed by atoms with E-state index < -0.39 is 6.16 Å². The maximum atomic E-state index is 10.4. The minimum Gasteiger partial charge on any atom is -0.427 e. The molecule has 0 aromatic heterocycles. The highest BCUT2D eigenvalue weighted by atomic mass is 16.7. The molecule has 0 saturated heterocycles. The molecule has 0 N–H and O–H groups in total. The summed E-state index contributed by atoms with van der Waals surface area (Å²) in [6.07, 6.45) is 1.41. The van der Waals surface area contributed by atoms with Gasteiger partial charge in [0.15, 0.2) is 0 Å². The second-order valence-corrected chi connectivity index (χ2v) is 1.59. The molecule has 0 rings (SSSR count). The highest BCUT2D eigenvalue weighted by Crippen LogP contribution is 1.94. The van der Waals surface area contributed by atoms with Gasteiger partial charge in [0.2, 0.25) is 0 Å². The lowest BCUT2D eigenvalue weighted by Gasteiger charge is -2.05. The van der Waals surface area contributed by atoms with Gasteiger partial charge in [-0.25, -0.2) is 4.79 Å². The van der Waals surface area contributed by atoms with Gasteiger partial charge in [-0.1, -0.05) is 19.2 Å². The minimum absolute atomic E-state index is 0.326. The second kappa shape index (κ2) is 4.61. The van der Waals surface area contributed by atoms with E-state index in [0.29, 0.717) is 0 Å². The monoisotopic (exact) mass is 142 g/mol. The molecule has 3 nitrogen and oxygen atoms in total. The smallest absolute Gasteiger partial charge is 0.427 e. The van der Waals surface area contributed by atoms with Crippen LogP contribution in [0.4, 0.5) is 4.79 Å². The van der Waals surface area contributed by atoms with Gasteiger partial charge in [-0.2, -0.15) is 0 Å². The zero-order valence-electron chi connectivity index (χ0n) is 5.87. The van der Waals surface area contributed by atoms with Crippen molar-refractivity contribution in [3.63, 3.8) is 0 Å². The average molecular weight is 142 g/mol. The van der Waals surface area contributed by atoms with Crippen molar-refractivity contribution in [1.82, 2.24) is 0 Å². The fourth-order valence-corrected chi connectivity index (χ4v) is 0.296. The molecule has 56 valence electrons. The minimum atomic E-state index is -0.762. The average Bonchev–Trinajstić information content (AvgIpc) is 1.88. The molecule has 1 atom stereocenters. The van der Waals surface area contributed by atoms with Crippen molar-refractivity contribution in [3.05, 3.63) is 25.5 Å². The predicted octanol–water partition coefficient (Wildman–Crippen LogP) is 1.86. The summed E-state index contributed by atoms with van der Waals surface area (Å²) >= 11 is 0. The van der Waals surface area contributed by atoms with Gasteiger partial charge in [-0.15, -0.1) is 0 Å². The van der Waals surface area contributed by atoms with Crippen LogP contribution in [0.25, 0.3) is 0 Å². The molecule has 0 aromatic carbocycles. The van der Waals surface area contributed by atoms with Crippen LogP contribution in [0.2, 0.25) is 0 Å². The number of carbonyl (C=O) groups excluding carboxylic acids is 1. The second-order valence-electron chi connectivity index (χ2n) is 1.59. The SMILES string of the molecule is C=COC(=O)OC(C)C=C. The molecular weight excluding hydrogens is 132 g/mol. The summed E-state index contributed by atoms with van der Waals surface area (Å²) in [5.74, 6) is 0. The van der Waals surface area contributed by atoms with E-state index in [2.05, 4.69) is 22.6 Å². The molecule has 0 bridgehead atoms. The van der Waals surface area contributed by atoms with Crippen molar-refractivity contribution in [3.8, 4) is 0 Å². The molecular formula is C7H10O3. The van der Waals surface area contributed by atoms with Crippen molar-refractivity contribution in [1.29, 1.82) is 0 Å². The first-order valence-corrected chi connectivity index (χ1v) is 2.81. The zero-order chi connectivity index (χ0) is 7.98. The van der Waals surface area contributed by atoms with E-state index in [1.165, 1.54) is 6.08 Å². The van der Waals surface area contributed by atoms with Crippen molar-refractivity contribution in [2.75, 3.05) is 0 Å². The largest absolute Gasteiger partial charge is 0.513 e. The van der Waals surface area contributed by atoms with Gasteiger partial charge in [0, 0.05) is 0 Å². The predicted molar refractivity (Wildman–Crippen MR) is 37.4 cm³/mol. The van der Waals surface area contributed by atoms with Gasteiger partial charge >= 0.3 is 6.16 Å². The third-order valence-corrected chi connectivity index (χ3v) is 0.794. The highest BCUT2D eigenvalue weighted by Gasteiger charge is 2.04. The standard InChI is InChI=1S/C7H10O3/c1-4-6(3)10-7(8)9-5-2/h4-6H,1-2H2,3H3. The molecule has 10 heavy (non-hydrogen) atoms. The first-order chi connectivity index (χ1) is 4.70. The van der Waals surface area contributed by atoms with E-state index in [9.17, 15) is 4.79 Å². The van der Waals surface area contributed by atoms with Crippen molar-refractivity contribution in [2.24, 2.45) is 0 Å². The maximum absolute atomic E-state index is 10.4. The molecule has 0 aliphatic heterocycles. The molecule has 0 amide bonds. The number of ether oxygens (including phenoxy) is 2. The third kappa shape index (κ3) is 3.72. The Morgan fingerprint density at radius 3 is 2.60 bits per heavy atom. The van der Waals surface area contributed by atoms with E-state index >= 15 is 0 Å². The molecule has 0 radical (unpaired) electrons. The fraction of sp³-hybridized carbons (Fsp3) is 0.286. The topological polar surface area (TPSA) is 35.5 Å². The fourth-order valence-electron chi connectivity index (χ4n) is 0.296. The Kier molecular flexibility index (Phi) is 4.04. The van der Waals surface area contributed by atoms with E-state index in [1.807, 2.05) is 0 Å². The van der Waals surface area contributed by atoms with E-state index in [4.69, 9.17) is 0 Å². The Morgan fingerprint density at radius 1 is 1.60 bits per heavy atom. The van der Waals surface area contributed by atoms with Crippen LogP contribution in [0.1, 0.15) is 6.92 Å². The summed E-state index contributed by atoms with van der Waals surface area (Å²) < 4.78 is 8.86. The van der Waals surface area contributed by atoms with Crippen LogP contribution in [0.5, 0.6) is 0 Å². The van der Waals surface area contributed by atoms with Crippen LogP contribution >= 0.6 is 0 Å². The van der Waals surface area contributed by atoms with E-state index in [1.54, 1.807) is 6.92 Å². The van der Waals surface area contributed by atoms with Gasteiger partial charge in [0.05, 0.1) is 6.26 Å². The molecule has 0 aliphatic rings. The normalized spacial score (nSPS) is 11.3. The number of rotatable bonds is 3. The quantitative estimate of drug-likeness (QED) is 0.342. The van der Waals surface area contributed by atoms with Crippen LogP contribution in [0, 0.1) is 0 Å². The summed E-state index contributed by atoms with van der Waals surface area (Å²) in [7, 11) is 0. The molecule has 1 unspecified atom stereocenters. The van der Waals surface area contributed by atoms with Gasteiger partial charge in [0.25, 0.3) is 0 Å². The van der Waals surface area contributed by atoms with E-state index in [-0.39, 0.29) is 6.10 Å². The summed E-state index contributed by atoms with van der Waals surface area (Å²) in [5.41, 5.74) is 0. The summed E-state index contributed by atoms with van der Waals surface area (Å²) in [6, 6.07) is 0. The summed E-state index contributed by atoms with van der Waals surface area (Å²) in [4.78, 5) is 10.4.